The second-order valence-electron chi connectivity index (χ2n) is 3.81. The molecule has 2 aromatic rings. The van der Waals surface area contributed by atoms with Crippen molar-refractivity contribution in [3.63, 3.8) is 0 Å². The number of hydrogen-bond acceptors (Lipinski definition) is 5. The fourth-order valence-electron chi connectivity index (χ4n) is 1.56. The summed E-state index contributed by atoms with van der Waals surface area (Å²) in [5, 5.41) is 8.81. The van der Waals surface area contributed by atoms with Gasteiger partial charge in [-0.3, -0.25) is 0 Å². The van der Waals surface area contributed by atoms with Crippen molar-refractivity contribution < 1.29 is 0 Å². The predicted molar refractivity (Wildman–Crippen MR) is 68.9 cm³/mol. The van der Waals surface area contributed by atoms with Crippen LogP contribution in [0.15, 0.2) is 16.3 Å². The molecule has 0 aliphatic rings. The lowest BCUT2D eigenvalue weighted by molar-refractivity contribution is 0.481. The number of nitrogens with one attached hydrogen (secondary N) is 1. The molecule has 3 nitrogen and oxygen atoms in total. The van der Waals surface area contributed by atoms with Crippen LogP contribution in [-0.4, -0.2) is 9.97 Å². The zero-order valence-corrected chi connectivity index (χ0v) is 11.2. The zero-order valence-electron chi connectivity index (χ0n) is 9.60. The van der Waals surface area contributed by atoms with Crippen LogP contribution in [0, 0.1) is 6.92 Å². The molecule has 5 heteroatoms. The molecular weight excluding hydrogens is 238 g/mol. The summed E-state index contributed by atoms with van der Waals surface area (Å²) in [6.07, 6.45) is 0. The molecule has 16 heavy (non-hydrogen) atoms. The van der Waals surface area contributed by atoms with Gasteiger partial charge in [0.1, 0.15) is 0 Å². The summed E-state index contributed by atoms with van der Waals surface area (Å²) in [4.78, 5) is 8.79. The third kappa shape index (κ3) is 2.66. The van der Waals surface area contributed by atoms with E-state index in [4.69, 9.17) is 0 Å². The molecule has 2 atom stereocenters. The lowest BCUT2D eigenvalue weighted by Crippen LogP contribution is -2.22. The minimum atomic E-state index is 0.265. The number of hydrogen-bond donors (Lipinski definition) is 1. The van der Waals surface area contributed by atoms with Gasteiger partial charge >= 0.3 is 0 Å². The molecule has 1 N–H and O–H groups in total. The summed E-state index contributed by atoms with van der Waals surface area (Å²) >= 11 is 3.32. The summed E-state index contributed by atoms with van der Waals surface area (Å²) in [6.45, 7) is 6.30. The Balaban J connectivity index is 2.00. The van der Waals surface area contributed by atoms with Crippen LogP contribution in [0.25, 0.3) is 0 Å². The van der Waals surface area contributed by atoms with Crippen LogP contribution in [0.5, 0.6) is 0 Å². The van der Waals surface area contributed by atoms with Crippen molar-refractivity contribution in [3.8, 4) is 0 Å². The highest BCUT2D eigenvalue weighted by atomic mass is 32.1. The van der Waals surface area contributed by atoms with Gasteiger partial charge < -0.3 is 5.32 Å². The van der Waals surface area contributed by atoms with Gasteiger partial charge in [0.05, 0.1) is 21.9 Å². The first-order valence-corrected chi connectivity index (χ1v) is 7.05. The normalized spacial score (nSPS) is 14.9. The van der Waals surface area contributed by atoms with Crippen molar-refractivity contribution in [1.82, 2.24) is 15.3 Å². The highest BCUT2D eigenvalue weighted by Gasteiger charge is 2.14. The van der Waals surface area contributed by atoms with E-state index in [0.717, 1.165) is 16.4 Å². The van der Waals surface area contributed by atoms with E-state index in [0.29, 0.717) is 0 Å². The van der Waals surface area contributed by atoms with Gasteiger partial charge in [0.15, 0.2) is 0 Å². The summed E-state index contributed by atoms with van der Waals surface area (Å²) < 4.78 is 0. The molecule has 86 valence electrons. The fraction of sp³-hybridized carbons (Fsp3) is 0.455. The van der Waals surface area contributed by atoms with Gasteiger partial charge in [-0.05, 0) is 20.8 Å². The van der Waals surface area contributed by atoms with Crippen LogP contribution < -0.4 is 5.32 Å². The minimum Gasteiger partial charge on any atom is -0.301 e. The van der Waals surface area contributed by atoms with E-state index in [2.05, 4.69) is 39.9 Å². The van der Waals surface area contributed by atoms with Gasteiger partial charge in [-0.15, -0.1) is 22.7 Å². The van der Waals surface area contributed by atoms with Crippen molar-refractivity contribution in [2.75, 3.05) is 0 Å². The third-order valence-electron chi connectivity index (χ3n) is 2.48. The Morgan fingerprint density at radius 3 is 2.50 bits per heavy atom. The van der Waals surface area contributed by atoms with Gasteiger partial charge in [-0.25, -0.2) is 9.97 Å². The van der Waals surface area contributed by atoms with Crippen molar-refractivity contribution >= 4 is 22.7 Å². The van der Waals surface area contributed by atoms with Crippen LogP contribution in [0.1, 0.15) is 42.3 Å². The first kappa shape index (κ1) is 11.7. The van der Waals surface area contributed by atoms with Crippen molar-refractivity contribution in [1.29, 1.82) is 0 Å². The van der Waals surface area contributed by atoms with Crippen LogP contribution in [-0.2, 0) is 0 Å². The molecule has 0 aromatic carbocycles. The Morgan fingerprint density at radius 1 is 1.19 bits per heavy atom. The highest BCUT2D eigenvalue weighted by Crippen LogP contribution is 2.20. The molecule has 0 saturated heterocycles. The maximum Gasteiger partial charge on any atom is 0.0898 e. The van der Waals surface area contributed by atoms with E-state index in [1.165, 1.54) is 0 Å². The first-order valence-electron chi connectivity index (χ1n) is 5.23. The van der Waals surface area contributed by atoms with E-state index >= 15 is 0 Å². The SMILES string of the molecule is Cc1nc(C(C)NC(C)c2cscn2)cs1. The first-order chi connectivity index (χ1) is 7.66. The molecule has 0 aliphatic heterocycles. The van der Waals surface area contributed by atoms with Crippen LogP contribution in [0.4, 0.5) is 0 Å². The third-order valence-corrected chi connectivity index (χ3v) is 3.87. The standard InChI is InChI=1S/C11H15N3S2/c1-7(10-4-15-6-12-10)13-8(2)11-5-16-9(3)14-11/h4-8,13H,1-3H3. The largest absolute Gasteiger partial charge is 0.301 e. The van der Waals surface area contributed by atoms with Crippen molar-refractivity contribution in [2.24, 2.45) is 0 Å². The average molecular weight is 253 g/mol. The number of aromatic nitrogens is 2. The van der Waals surface area contributed by atoms with E-state index in [9.17, 15) is 0 Å². The van der Waals surface area contributed by atoms with Crippen molar-refractivity contribution in [2.45, 2.75) is 32.9 Å². The van der Waals surface area contributed by atoms with E-state index in [1.54, 1.807) is 22.7 Å². The number of nitrogens with zero attached hydrogens (tertiary/aromatic N) is 2. The number of thiazole rings is 2. The van der Waals surface area contributed by atoms with Crippen LogP contribution in [0.3, 0.4) is 0 Å². The topological polar surface area (TPSA) is 37.8 Å². The van der Waals surface area contributed by atoms with Crippen LogP contribution in [0.2, 0.25) is 0 Å². The van der Waals surface area contributed by atoms with Crippen molar-refractivity contribution in [3.05, 3.63) is 32.7 Å². The van der Waals surface area contributed by atoms with Gasteiger partial charge in [-0.1, -0.05) is 0 Å². The second kappa shape index (κ2) is 5.03. The van der Waals surface area contributed by atoms with E-state index in [-0.39, 0.29) is 12.1 Å². The van der Waals surface area contributed by atoms with E-state index in [1.807, 2.05) is 12.4 Å². The Morgan fingerprint density at radius 2 is 1.94 bits per heavy atom. The molecule has 0 spiro atoms. The maximum absolute atomic E-state index is 4.48. The quantitative estimate of drug-likeness (QED) is 0.908. The Labute approximate surface area is 104 Å². The summed E-state index contributed by atoms with van der Waals surface area (Å²) in [5.74, 6) is 0. The Bertz CT molecular complexity index is 436. The molecule has 0 amide bonds. The molecular formula is C11H15N3S2. The number of rotatable bonds is 4. The van der Waals surface area contributed by atoms with Gasteiger partial charge in [0, 0.05) is 22.8 Å². The molecule has 2 unspecified atom stereocenters. The smallest absolute Gasteiger partial charge is 0.0898 e. The number of aryl methyl sites for hydroxylation is 1. The van der Waals surface area contributed by atoms with Gasteiger partial charge in [0.2, 0.25) is 0 Å². The lowest BCUT2D eigenvalue weighted by Gasteiger charge is -2.16. The molecule has 2 heterocycles. The second-order valence-corrected chi connectivity index (χ2v) is 5.60. The van der Waals surface area contributed by atoms with Crippen LogP contribution >= 0.6 is 22.7 Å². The monoisotopic (exact) mass is 253 g/mol. The Kier molecular flexibility index (Phi) is 3.68. The van der Waals surface area contributed by atoms with E-state index < -0.39 is 0 Å². The fourth-order valence-corrected chi connectivity index (χ4v) is 2.91. The highest BCUT2D eigenvalue weighted by molar-refractivity contribution is 7.09. The predicted octanol–water partition coefficient (Wildman–Crippen LogP) is 3.32. The molecule has 0 fully saturated rings. The molecule has 2 rings (SSSR count). The summed E-state index contributed by atoms with van der Waals surface area (Å²) in [7, 11) is 0. The average Bonchev–Trinajstić information content (AvgIpc) is 2.87. The minimum absolute atomic E-state index is 0.265. The molecule has 0 saturated carbocycles. The van der Waals surface area contributed by atoms with Gasteiger partial charge in [0.25, 0.3) is 0 Å². The lowest BCUT2D eigenvalue weighted by atomic mass is 10.2. The maximum atomic E-state index is 4.48. The molecule has 0 aliphatic carbocycles. The molecule has 0 bridgehead atoms. The molecule has 0 radical (unpaired) electrons. The summed E-state index contributed by atoms with van der Waals surface area (Å²) in [6, 6.07) is 0.532. The zero-order chi connectivity index (χ0) is 11.5. The Hall–Kier alpha value is -0.780. The van der Waals surface area contributed by atoms with Gasteiger partial charge in [-0.2, -0.15) is 0 Å². The summed E-state index contributed by atoms with van der Waals surface area (Å²) in [5.41, 5.74) is 4.08. The molecule has 2 aromatic heterocycles.